The predicted octanol–water partition coefficient (Wildman–Crippen LogP) is 1.95. The first-order valence-electron chi connectivity index (χ1n) is 4.77. The average molecular weight is 226 g/mol. The van der Waals surface area contributed by atoms with Gasteiger partial charge in [-0.1, -0.05) is 12.2 Å². The summed E-state index contributed by atoms with van der Waals surface area (Å²) in [7, 11) is 0. The van der Waals surface area contributed by atoms with E-state index in [0.717, 1.165) is 19.5 Å². The number of thiocarbonyl (C=S) groups is 1. The summed E-state index contributed by atoms with van der Waals surface area (Å²) >= 11 is 6.81. The van der Waals surface area contributed by atoms with Gasteiger partial charge in [-0.3, -0.25) is 4.90 Å². The molecular formula is C10H14N2S2. The smallest absolute Gasteiger partial charge is 0.0870 e. The van der Waals surface area contributed by atoms with E-state index >= 15 is 0 Å². The van der Waals surface area contributed by atoms with Crippen molar-refractivity contribution in [2.24, 2.45) is 5.73 Å². The average Bonchev–Trinajstić information content (AvgIpc) is 2.57. The van der Waals surface area contributed by atoms with E-state index in [1.54, 1.807) is 0 Å². The highest BCUT2D eigenvalue weighted by Gasteiger charge is 2.24. The summed E-state index contributed by atoms with van der Waals surface area (Å²) in [6, 6.07) is 2.68. The summed E-state index contributed by atoms with van der Waals surface area (Å²) in [5.41, 5.74) is 7.03. The van der Waals surface area contributed by atoms with Gasteiger partial charge in [0.25, 0.3) is 0 Å². The molecule has 0 amide bonds. The fourth-order valence-corrected chi connectivity index (χ4v) is 3.11. The maximum atomic E-state index is 5.57. The molecule has 2 nitrogen and oxygen atoms in total. The highest BCUT2D eigenvalue weighted by molar-refractivity contribution is 7.80. The number of thiophene rings is 1. The maximum Gasteiger partial charge on any atom is 0.0870 e. The molecule has 4 heteroatoms. The van der Waals surface area contributed by atoms with Crippen LogP contribution in [0.15, 0.2) is 11.4 Å². The zero-order chi connectivity index (χ0) is 10.1. The van der Waals surface area contributed by atoms with Crippen molar-refractivity contribution in [3.63, 3.8) is 0 Å². The standard InChI is InChI=1S/C10H14N2S2/c1-7-8-3-5-14-9(8)2-4-12(7)6-10(11)13/h3,5,7H,2,4,6H2,1H3,(H2,11,13). The predicted molar refractivity (Wildman–Crippen MR) is 64.8 cm³/mol. The number of fused-ring (bicyclic) bond motifs is 1. The second kappa shape index (κ2) is 3.96. The van der Waals surface area contributed by atoms with Crippen molar-refractivity contribution >= 4 is 28.5 Å². The van der Waals surface area contributed by atoms with Gasteiger partial charge in [-0.05, 0) is 30.4 Å². The zero-order valence-electron chi connectivity index (χ0n) is 8.19. The molecule has 1 aromatic heterocycles. The molecule has 0 aliphatic carbocycles. The van der Waals surface area contributed by atoms with E-state index in [9.17, 15) is 0 Å². The third-order valence-electron chi connectivity index (χ3n) is 2.76. The minimum atomic E-state index is 0.464. The highest BCUT2D eigenvalue weighted by atomic mass is 32.1. The number of nitrogens with two attached hydrogens (primary N) is 1. The van der Waals surface area contributed by atoms with Crippen molar-refractivity contribution < 1.29 is 0 Å². The van der Waals surface area contributed by atoms with E-state index < -0.39 is 0 Å². The Bertz CT molecular complexity index is 346. The van der Waals surface area contributed by atoms with Gasteiger partial charge in [0.1, 0.15) is 0 Å². The van der Waals surface area contributed by atoms with Gasteiger partial charge in [0.2, 0.25) is 0 Å². The summed E-state index contributed by atoms with van der Waals surface area (Å²) in [5.74, 6) is 0. The molecule has 2 rings (SSSR count). The van der Waals surface area contributed by atoms with Gasteiger partial charge in [0.15, 0.2) is 0 Å². The molecule has 0 spiro atoms. The van der Waals surface area contributed by atoms with Gasteiger partial charge < -0.3 is 5.73 Å². The molecule has 0 radical (unpaired) electrons. The van der Waals surface area contributed by atoms with Gasteiger partial charge in [0, 0.05) is 24.0 Å². The van der Waals surface area contributed by atoms with Gasteiger partial charge in [-0.15, -0.1) is 11.3 Å². The zero-order valence-corrected chi connectivity index (χ0v) is 9.83. The van der Waals surface area contributed by atoms with Gasteiger partial charge >= 0.3 is 0 Å². The minimum Gasteiger partial charge on any atom is -0.392 e. The Labute approximate surface area is 93.7 Å². The molecule has 0 saturated heterocycles. The molecule has 1 aliphatic heterocycles. The highest BCUT2D eigenvalue weighted by Crippen LogP contribution is 2.32. The molecular weight excluding hydrogens is 212 g/mol. The molecule has 0 bridgehead atoms. The normalized spacial score (nSPS) is 21.9. The quantitative estimate of drug-likeness (QED) is 0.782. The van der Waals surface area contributed by atoms with Crippen molar-refractivity contribution in [2.75, 3.05) is 13.1 Å². The van der Waals surface area contributed by atoms with Crippen LogP contribution in [0.3, 0.4) is 0 Å². The minimum absolute atomic E-state index is 0.464. The SMILES string of the molecule is CC1c2ccsc2CCN1CC(N)=S. The first-order chi connectivity index (χ1) is 6.68. The summed E-state index contributed by atoms with van der Waals surface area (Å²) in [5, 5.41) is 2.17. The van der Waals surface area contributed by atoms with E-state index in [1.807, 2.05) is 11.3 Å². The second-order valence-corrected chi connectivity index (χ2v) is 5.19. The van der Waals surface area contributed by atoms with E-state index in [0.29, 0.717) is 11.0 Å². The van der Waals surface area contributed by atoms with Crippen molar-refractivity contribution in [1.82, 2.24) is 4.90 Å². The molecule has 1 unspecified atom stereocenters. The van der Waals surface area contributed by atoms with Crippen LogP contribution >= 0.6 is 23.6 Å². The largest absolute Gasteiger partial charge is 0.392 e. The van der Waals surface area contributed by atoms with Crippen LogP contribution in [0.4, 0.5) is 0 Å². The molecule has 0 fully saturated rings. The summed E-state index contributed by atoms with van der Waals surface area (Å²) < 4.78 is 0. The molecule has 0 aromatic carbocycles. The Balaban J connectivity index is 2.16. The van der Waals surface area contributed by atoms with E-state index in [1.165, 1.54) is 10.4 Å². The molecule has 1 atom stereocenters. The van der Waals surface area contributed by atoms with Crippen LogP contribution in [-0.2, 0) is 6.42 Å². The molecule has 2 N–H and O–H groups in total. The van der Waals surface area contributed by atoms with E-state index in [-0.39, 0.29) is 0 Å². The lowest BCUT2D eigenvalue weighted by atomic mass is 10.0. The van der Waals surface area contributed by atoms with Crippen LogP contribution in [0, 0.1) is 0 Å². The number of hydrogen-bond donors (Lipinski definition) is 1. The van der Waals surface area contributed by atoms with Gasteiger partial charge in [-0.2, -0.15) is 0 Å². The molecule has 1 aromatic rings. The fraction of sp³-hybridized carbons (Fsp3) is 0.500. The van der Waals surface area contributed by atoms with Crippen LogP contribution in [0.2, 0.25) is 0 Å². The van der Waals surface area contributed by atoms with E-state index in [4.69, 9.17) is 18.0 Å². The lowest BCUT2D eigenvalue weighted by Crippen LogP contribution is -2.38. The first kappa shape index (κ1) is 10.1. The Kier molecular flexibility index (Phi) is 2.85. The molecule has 1 aliphatic rings. The topological polar surface area (TPSA) is 29.3 Å². The first-order valence-corrected chi connectivity index (χ1v) is 6.06. The van der Waals surface area contributed by atoms with E-state index in [2.05, 4.69) is 23.3 Å². The van der Waals surface area contributed by atoms with Crippen molar-refractivity contribution in [1.29, 1.82) is 0 Å². The van der Waals surface area contributed by atoms with Crippen LogP contribution < -0.4 is 5.73 Å². The summed E-state index contributed by atoms with van der Waals surface area (Å²) in [4.78, 5) is 4.46. The monoisotopic (exact) mass is 226 g/mol. The van der Waals surface area contributed by atoms with Crippen molar-refractivity contribution in [3.05, 3.63) is 21.9 Å². The molecule has 0 saturated carbocycles. The Morgan fingerprint density at radius 3 is 3.29 bits per heavy atom. The maximum absolute atomic E-state index is 5.57. The molecule has 2 heterocycles. The Morgan fingerprint density at radius 1 is 1.79 bits per heavy atom. The molecule has 76 valence electrons. The van der Waals surface area contributed by atoms with Crippen LogP contribution in [0.1, 0.15) is 23.4 Å². The lowest BCUT2D eigenvalue weighted by Gasteiger charge is -2.33. The van der Waals surface area contributed by atoms with Crippen molar-refractivity contribution in [3.8, 4) is 0 Å². The summed E-state index contributed by atoms with van der Waals surface area (Å²) in [6.07, 6.45) is 1.14. The Morgan fingerprint density at radius 2 is 2.57 bits per heavy atom. The molecule has 14 heavy (non-hydrogen) atoms. The number of rotatable bonds is 2. The van der Waals surface area contributed by atoms with Crippen LogP contribution in [0.25, 0.3) is 0 Å². The lowest BCUT2D eigenvalue weighted by molar-refractivity contribution is 0.230. The Hall–Kier alpha value is -0.450. The van der Waals surface area contributed by atoms with Gasteiger partial charge in [0.05, 0.1) is 4.99 Å². The third-order valence-corrected chi connectivity index (χ3v) is 3.89. The van der Waals surface area contributed by atoms with Crippen LogP contribution in [0.5, 0.6) is 0 Å². The number of nitrogens with zero attached hydrogens (tertiary/aromatic N) is 1. The summed E-state index contributed by atoms with van der Waals surface area (Å²) in [6.45, 7) is 4.04. The van der Waals surface area contributed by atoms with Gasteiger partial charge in [-0.25, -0.2) is 0 Å². The van der Waals surface area contributed by atoms with Crippen molar-refractivity contribution in [2.45, 2.75) is 19.4 Å². The fourth-order valence-electron chi connectivity index (χ4n) is 1.98. The van der Waals surface area contributed by atoms with Crippen LogP contribution in [-0.4, -0.2) is 23.0 Å². The number of hydrogen-bond acceptors (Lipinski definition) is 3. The third kappa shape index (κ3) is 1.82. The second-order valence-electron chi connectivity index (χ2n) is 3.66.